The van der Waals surface area contributed by atoms with Crippen LogP contribution in [0.25, 0.3) is 10.4 Å². The number of anilines is 1. The van der Waals surface area contributed by atoms with Crippen molar-refractivity contribution >= 4 is 22.4 Å². The van der Waals surface area contributed by atoms with Gasteiger partial charge in [-0.15, -0.1) is 0 Å². The van der Waals surface area contributed by atoms with Crippen LogP contribution in [-0.4, -0.2) is 35.9 Å². The molecule has 0 atom stereocenters. The molecule has 1 aromatic carbocycles. The second-order valence-corrected chi connectivity index (χ2v) is 6.82. The smallest absolute Gasteiger partial charge is 0.229 e. The quantitative estimate of drug-likeness (QED) is 0.941. The van der Waals surface area contributed by atoms with Crippen molar-refractivity contribution in [3.8, 4) is 16.5 Å². The van der Waals surface area contributed by atoms with Gasteiger partial charge in [-0.05, 0) is 50.7 Å². The van der Waals surface area contributed by atoms with E-state index in [1.807, 2.05) is 12.1 Å². The molecular formula is C17H18N4OS. The lowest BCUT2D eigenvalue weighted by molar-refractivity contribution is -0.121. The number of nitriles is 1. The third-order valence-corrected chi connectivity index (χ3v) is 5.09. The molecule has 2 heterocycles. The van der Waals surface area contributed by atoms with Gasteiger partial charge in [0.25, 0.3) is 0 Å². The van der Waals surface area contributed by atoms with Crippen LogP contribution in [0.4, 0.5) is 5.13 Å². The van der Waals surface area contributed by atoms with Crippen LogP contribution in [0.15, 0.2) is 30.5 Å². The van der Waals surface area contributed by atoms with Crippen LogP contribution >= 0.6 is 11.3 Å². The lowest BCUT2D eigenvalue weighted by Crippen LogP contribution is -2.35. The summed E-state index contributed by atoms with van der Waals surface area (Å²) in [4.78, 5) is 19.8. The average Bonchev–Trinajstić information content (AvgIpc) is 3.04. The van der Waals surface area contributed by atoms with Crippen molar-refractivity contribution in [3.05, 3.63) is 36.0 Å². The number of rotatable bonds is 3. The van der Waals surface area contributed by atoms with Gasteiger partial charge in [0.15, 0.2) is 5.13 Å². The molecule has 118 valence electrons. The first-order valence-electron chi connectivity index (χ1n) is 7.61. The number of amides is 1. The molecule has 1 saturated heterocycles. The molecule has 3 rings (SSSR count). The van der Waals surface area contributed by atoms with E-state index in [4.69, 9.17) is 5.26 Å². The number of hydrogen-bond acceptors (Lipinski definition) is 5. The summed E-state index contributed by atoms with van der Waals surface area (Å²) in [7, 11) is 2.08. The molecule has 0 saturated carbocycles. The largest absolute Gasteiger partial charge is 0.306 e. The first kappa shape index (κ1) is 15.7. The van der Waals surface area contributed by atoms with Crippen LogP contribution in [0.1, 0.15) is 18.4 Å². The van der Waals surface area contributed by atoms with E-state index in [0.29, 0.717) is 10.7 Å². The Morgan fingerprint density at radius 3 is 2.70 bits per heavy atom. The molecule has 1 amide bonds. The normalized spacial score (nSPS) is 16.0. The van der Waals surface area contributed by atoms with Gasteiger partial charge < -0.3 is 10.2 Å². The summed E-state index contributed by atoms with van der Waals surface area (Å²) < 4.78 is 0. The van der Waals surface area contributed by atoms with Crippen LogP contribution in [0.5, 0.6) is 0 Å². The number of hydrogen-bond donors (Lipinski definition) is 1. The monoisotopic (exact) mass is 326 g/mol. The zero-order chi connectivity index (χ0) is 16.2. The molecule has 2 aromatic rings. The fourth-order valence-electron chi connectivity index (χ4n) is 2.65. The van der Waals surface area contributed by atoms with Gasteiger partial charge in [-0.25, -0.2) is 4.98 Å². The zero-order valence-electron chi connectivity index (χ0n) is 13.0. The molecule has 0 spiro atoms. The minimum atomic E-state index is 0.0684. The second kappa shape index (κ2) is 6.90. The molecule has 1 aliphatic rings. The van der Waals surface area contributed by atoms with Crippen molar-refractivity contribution in [1.82, 2.24) is 9.88 Å². The number of nitrogens with zero attached hydrogens (tertiary/aromatic N) is 3. The summed E-state index contributed by atoms with van der Waals surface area (Å²) in [5.41, 5.74) is 1.63. The van der Waals surface area contributed by atoms with Crippen LogP contribution in [0.3, 0.4) is 0 Å². The van der Waals surface area contributed by atoms with Crippen molar-refractivity contribution in [3.63, 3.8) is 0 Å². The van der Waals surface area contributed by atoms with E-state index in [-0.39, 0.29) is 11.8 Å². The third kappa shape index (κ3) is 3.76. The lowest BCUT2D eigenvalue weighted by Gasteiger charge is -2.27. The van der Waals surface area contributed by atoms with E-state index in [1.54, 1.807) is 18.3 Å². The molecular weight excluding hydrogens is 308 g/mol. The van der Waals surface area contributed by atoms with Crippen molar-refractivity contribution in [2.45, 2.75) is 12.8 Å². The minimum Gasteiger partial charge on any atom is -0.306 e. The number of nitrogens with one attached hydrogen (secondary N) is 1. The van der Waals surface area contributed by atoms with Crippen LogP contribution in [0, 0.1) is 17.2 Å². The topological polar surface area (TPSA) is 69.0 Å². The molecule has 5 nitrogen and oxygen atoms in total. The maximum absolute atomic E-state index is 12.3. The van der Waals surface area contributed by atoms with Crippen molar-refractivity contribution in [2.24, 2.45) is 5.92 Å². The van der Waals surface area contributed by atoms with Crippen molar-refractivity contribution in [1.29, 1.82) is 5.26 Å². The number of piperidine rings is 1. The molecule has 0 radical (unpaired) electrons. The fraction of sp³-hybridized carbons (Fsp3) is 0.353. The average molecular weight is 326 g/mol. The summed E-state index contributed by atoms with van der Waals surface area (Å²) in [5, 5.41) is 12.4. The van der Waals surface area contributed by atoms with Crippen molar-refractivity contribution < 1.29 is 4.79 Å². The minimum absolute atomic E-state index is 0.0684. The highest BCUT2D eigenvalue weighted by Gasteiger charge is 2.24. The van der Waals surface area contributed by atoms with Gasteiger partial charge >= 0.3 is 0 Å². The summed E-state index contributed by atoms with van der Waals surface area (Å²) in [6.07, 6.45) is 3.56. The highest BCUT2D eigenvalue weighted by molar-refractivity contribution is 7.19. The van der Waals surface area contributed by atoms with E-state index in [9.17, 15) is 4.79 Å². The standard InChI is InChI=1S/C17H18N4OS/c1-21-8-6-14(7-9-21)16(22)20-17-19-11-15(23-17)13-4-2-12(10-18)3-5-13/h2-5,11,14H,6-9H2,1H3,(H,19,20,22). The summed E-state index contributed by atoms with van der Waals surface area (Å²) >= 11 is 1.46. The number of benzene rings is 1. The lowest BCUT2D eigenvalue weighted by atomic mass is 9.96. The number of likely N-dealkylation sites (tertiary alicyclic amines) is 1. The number of aromatic nitrogens is 1. The SMILES string of the molecule is CN1CCC(C(=O)Nc2ncc(-c3ccc(C#N)cc3)s2)CC1. The molecule has 0 aliphatic carbocycles. The van der Waals surface area contributed by atoms with Gasteiger partial charge in [-0.3, -0.25) is 4.79 Å². The first-order valence-corrected chi connectivity index (χ1v) is 8.43. The Labute approximate surface area is 139 Å². The molecule has 23 heavy (non-hydrogen) atoms. The van der Waals surface area contributed by atoms with Gasteiger partial charge in [0.05, 0.1) is 16.5 Å². The Hall–Kier alpha value is -2.23. The van der Waals surface area contributed by atoms with Gasteiger partial charge in [-0.2, -0.15) is 5.26 Å². The van der Waals surface area contributed by atoms with E-state index in [0.717, 1.165) is 36.4 Å². The summed E-state index contributed by atoms with van der Waals surface area (Å²) in [5.74, 6) is 0.146. The first-order chi connectivity index (χ1) is 11.2. The number of carbonyl (C=O) groups excluding carboxylic acids is 1. The Balaban J connectivity index is 1.65. The Bertz CT molecular complexity index is 724. The Kier molecular flexibility index (Phi) is 4.70. The van der Waals surface area contributed by atoms with Gasteiger partial charge in [0, 0.05) is 12.1 Å². The van der Waals surface area contributed by atoms with E-state index >= 15 is 0 Å². The van der Waals surface area contributed by atoms with E-state index < -0.39 is 0 Å². The van der Waals surface area contributed by atoms with Gasteiger partial charge in [-0.1, -0.05) is 23.5 Å². The van der Waals surface area contributed by atoms with Crippen molar-refractivity contribution in [2.75, 3.05) is 25.5 Å². The molecule has 0 unspecified atom stereocenters. The molecule has 1 fully saturated rings. The van der Waals surface area contributed by atoms with E-state index in [2.05, 4.69) is 28.3 Å². The molecule has 6 heteroatoms. The maximum atomic E-state index is 12.3. The molecule has 1 aliphatic heterocycles. The van der Waals surface area contributed by atoms with Gasteiger partial charge in [0.1, 0.15) is 0 Å². The highest BCUT2D eigenvalue weighted by atomic mass is 32.1. The summed E-state index contributed by atoms with van der Waals surface area (Å²) in [6, 6.07) is 9.47. The fourth-order valence-corrected chi connectivity index (χ4v) is 3.48. The van der Waals surface area contributed by atoms with Crippen LogP contribution in [0.2, 0.25) is 0 Å². The highest BCUT2D eigenvalue weighted by Crippen LogP contribution is 2.29. The van der Waals surface area contributed by atoms with E-state index in [1.165, 1.54) is 11.3 Å². The van der Waals surface area contributed by atoms with Crippen LogP contribution < -0.4 is 5.32 Å². The molecule has 1 N–H and O–H groups in total. The second-order valence-electron chi connectivity index (χ2n) is 5.79. The maximum Gasteiger partial charge on any atom is 0.229 e. The third-order valence-electron chi connectivity index (χ3n) is 4.12. The Morgan fingerprint density at radius 1 is 1.35 bits per heavy atom. The van der Waals surface area contributed by atoms with Crippen LogP contribution in [-0.2, 0) is 4.79 Å². The predicted octanol–water partition coefficient (Wildman–Crippen LogP) is 2.96. The molecule has 1 aromatic heterocycles. The zero-order valence-corrected chi connectivity index (χ0v) is 13.8. The predicted molar refractivity (Wildman–Crippen MR) is 91.1 cm³/mol. The number of thiazole rings is 1. The van der Waals surface area contributed by atoms with Gasteiger partial charge in [0.2, 0.25) is 5.91 Å². The Morgan fingerprint density at radius 2 is 2.04 bits per heavy atom. The number of carbonyl (C=O) groups is 1. The summed E-state index contributed by atoms with van der Waals surface area (Å²) in [6.45, 7) is 1.93. The molecule has 0 bridgehead atoms.